The second-order valence-corrected chi connectivity index (χ2v) is 8.40. The molecule has 8 heteroatoms. The maximum absolute atomic E-state index is 10.3. The normalized spacial score (nSPS) is 16.1. The first-order chi connectivity index (χ1) is 14.7. The van der Waals surface area contributed by atoms with Crippen molar-refractivity contribution in [2.75, 3.05) is 58.5 Å². The molecule has 1 atom stereocenters. The number of likely N-dealkylation sites (N-methyl/N-ethyl adjacent to an activating group) is 1. The SMILES string of the molecule is COC[C@H](O)CN(C)c1nc(CN2CCOCC2)nc2scc(-c3ccccc3)c12. The highest BCUT2D eigenvalue weighted by atomic mass is 32.1. The minimum Gasteiger partial charge on any atom is -0.389 e. The van der Waals surface area contributed by atoms with Crippen LogP contribution >= 0.6 is 11.3 Å². The first-order valence-corrected chi connectivity index (χ1v) is 11.1. The van der Waals surface area contributed by atoms with Crippen LogP contribution in [0.3, 0.4) is 0 Å². The Balaban J connectivity index is 1.73. The Hall–Kier alpha value is -2.10. The van der Waals surface area contributed by atoms with E-state index in [0.29, 0.717) is 13.1 Å². The Morgan fingerprint density at radius 2 is 2.00 bits per heavy atom. The largest absolute Gasteiger partial charge is 0.389 e. The third-order valence-electron chi connectivity index (χ3n) is 5.22. The fourth-order valence-electron chi connectivity index (χ4n) is 3.75. The number of nitrogens with zero attached hydrogens (tertiary/aromatic N) is 4. The second kappa shape index (κ2) is 9.80. The van der Waals surface area contributed by atoms with Crippen LogP contribution in [0.4, 0.5) is 5.82 Å². The predicted molar refractivity (Wildman–Crippen MR) is 120 cm³/mol. The summed E-state index contributed by atoms with van der Waals surface area (Å²) in [5, 5.41) is 13.5. The maximum Gasteiger partial charge on any atom is 0.146 e. The molecule has 1 N–H and O–H groups in total. The summed E-state index contributed by atoms with van der Waals surface area (Å²) in [7, 11) is 3.56. The molecular formula is C22H28N4O3S. The lowest BCUT2D eigenvalue weighted by Gasteiger charge is -2.27. The van der Waals surface area contributed by atoms with Gasteiger partial charge in [0.15, 0.2) is 0 Å². The van der Waals surface area contributed by atoms with Crippen molar-refractivity contribution in [1.29, 1.82) is 0 Å². The van der Waals surface area contributed by atoms with E-state index in [4.69, 9.17) is 19.4 Å². The van der Waals surface area contributed by atoms with E-state index in [1.807, 2.05) is 30.1 Å². The average Bonchev–Trinajstić information content (AvgIpc) is 3.18. The van der Waals surface area contributed by atoms with Gasteiger partial charge in [0.1, 0.15) is 16.5 Å². The highest BCUT2D eigenvalue weighted by Gasteiger charge is 2.21. The van der Waals surface area contributed by atoms with Crippen LogP contribution in [0.15, 0.2) is 35.7 Å². The van der Waals surface area contributed by atoms with Crippen LogP contribution in [0, 0.1) is 0 Å². The minimum absolute atomic E-state index is 0.286. The molecule has 0 amide bonds. The molecule has 4 rings (SSSR count). The zero-order chi connectivity index (χ0) is 20.9. The van der Waals surface area contributed by atoms with Crippen molar-refractivity contribution in [3.63, 3.8) is 0 Å². The highest BCUT2D eigenvalue weighted by Crippen LogP contribution is 2.38. The van der Waals surface area contributed by atoms with Gasteiger partial charge < -0.3 is 19.5 Å². The number of aromatic nitrogens is 2. The topological polar surface area (TPSA) is 71.0 Å². The lowest BCUT2D eigenvalue weighted by Crippen LogP contribution is -2.36. The molecule has 7 nitrogen and oxygen atoms in total. The number of aliphatic hydroxyl groups excluding tert-OH is 1. The van der Waals surface area contributed by atoms with E-state index in [2.05, 4.69) is 22.4 Å². The molecule has 160 valence electrons. The molecule has 30 heavy (non-hydrogen) atoms. The van der Waals surface area contributed by atoms with Crippen molar-refractivity contribution < 1.29 is 14.6 Å². The summed E-state index contributed by atoms with van der Waals surface area (Å²) < 4.78 is 10.6. The number of benzene rings is 1. The molecule has 0 bridgehead atoms. The van der Waals surface area contributed by atoms with Crippen LogP contribution in [0.25, 0.3) is 21.3 Å². The monoisotopic (exact) mass is 428 g/mol. The van der Waals surface area contributed by atoms with Crippen LogP contribution in [0.1, 0.15) is 5.82 Å². The fraction of sp³-hybridized carbons (Fsp3) is 0.455. The first kappa shape index (κ1) is 21.1. The average molecular weight is 429 g/mol. The zero-order valence-corrected chi connectivity index (χ0v) is 18.3. The number of fused-ring (bicyclic) bond motifs is 1. The van der Waals surface area contributed by atoms with Gasteiger partial charge in [0, 0.05) is 44.7 Å². The Morgan fingerprint density at radius 1 is 1.23 bits per heavy atom. The van der Waals surface area contributed by atoms with Gasteiger partial charge in [0.25, 0.3) is 0 Å². The quantitative estimate of drug-likeness (QED) is 0.591. The molecule has 1 aromatic carbocycles. The molecule has 1 aliphatic rings. The number of hydrogen-bond donors (Lipinski definition) is 1. The summed E-state index contributed by atoms with van der Waals surface area (Å²) in [5.74, 6) is 1.65. The Bertz CT molecular complexity index is 960. The van der Waals surface area contributed by atoms with Crippen molar-refractivity contribution in [2.45, 2.75) is 12.6 Å². The standard InChI is InChI=1S/C22H28N4O3S/c1-25(12-17(27)14-28-2)21-20-18(16-6-4-3-5-7-16)15-30-22(20)24-19(23-21)13-26-8-10-29-11-9-26/h3-7,15,17,27H,8-14H2,1-2H3/t17-/m1/s1. The molecular weight excluding hydrogens is 400 g/mol. The van der Waals surface area contributed by atoms with Gasteiger partial charge in [-0.25, -0.2) is 9.97 Å². The molecule has 1 aliphatic heterocycles. The zero-order valence-electron chi connectivity index (χ0n) is 17.5. The van der Waals surface area contributed by atoms with Crippen LogP contribution < -0.4 is 4.90 Å². The van der Waals surface area contributed by atoms with Crippen LogP contribution in [-0.4, -0.2) is 79.7 Å². The van der Waals surface area contributed by atoms with Crippen LogP contribution in [0.5, 0.6) is 0 Å². The smallest absolute Gasteiger partial charge is 0.146 e. The van der Waals surface area contributed by atoms with Crippen LogP contribution in [-0.2, 0) is 16.0 Å². The Morgan fingerprint density at radius 3 is 2.73 bits per heavy atom. The summed E-state index contributed by atoms with van der Waals surface area (Å²) in [6.07, 6.45) is -0.591. The van der Waals surface area contributed by atoms with E-state index in [0.717, 1.165) is 59.3 Å². The number of ether oxygens (including phenoxy) is 2. The Kier molecular flexibility index (Phi) is 6.91. The molecule has 0 aliphatic carbocycles. The van der Waals surface area contributed by atoms with E-state index in [9.17, 15) is 5.11 Å². The molecule has 0 saturated carbocycles. The number of morpholine rings is 1. The molecule has 0 radical (unpaired) electrons. The van der Waals surface area contributed by atoms with Crippen LogP contribution in [0.2, 0.25) is 0 Å². The van der Waals surface area contributed by atoms with E-state index in [1.54, 1.807) is 18.4 Å². The number of thiophene rings is 1. The van der Waals surface area contributed by atoms with E-state index in [1.165, 1.54) is 0 Å². The third-order valence-corrected chi connectivity index (χ3v) is 6.09. The summed E-state index contributed by atoms with van der Waals surface area (Å²) in [4.78, 5) is 15.1. The number of aliphatic hydroxyl groups is 1. The van der Waals surface area contributed by atoms with Gasteiger partial charge in [-0.3, -0.25) is 4.90 Å². The number of rotatable bonds is 8. The summed E-state index contributed by atoms with van der Waals surface area (Å²) in [5.41, 5.74) is 2.26. The molecule has 3 aromatic rings. The molecule has 3 heterocycles. The Labute approximate surface area is 180 Å². The van der Waals surface area contributed by atoms with Crippen molar-refractivity contribution >= 4 is 27.4 Å². The van der Waals surface area contributed by atoms with Gasteiger partial charge in [0.05, 0.1) is 37.9 Å². The molecule has 0 unspecified atom stereocenters. The number of methoxy groups -OCH3 is 1. The van der Waals surface area contributed by atoms with Gasteiger partial charge in [-0.2, -0.15) is 0 Å². The van der Waals surface area contributed by atoms with Crippen molar-refractivity contribution in [3.8, 4) is 11.1 Å². The predicted octanol–water partition coefficient (Wildman–Crippen LogP) is 2.63. The lowest BCUT2D eigenvalue weighted by molar-refractivity contribution is 0.0331. The van der Waals surface area contributed by atoms with Gasteiger partial charge in [-0.1, -0.05) is 30.3 Å². The summed E-state index contributed by atoms with van der Waals surface area (Å²) in [6.45, 7) is 4.68. The van der Waals surface area contributed by atoms with Crippen molar-refractivity contribution in [1.82, 2.24) is 14.9 Å². The minimum atomic E-state index is -0.591. The number of anilines is 1. The molecule has 1 fully saturated rings. The van der Waals surface area contributed by atoms with Gasteiger partial charge in [0.2, 0.25) is 0 Å². The van der Waals surface area contributed by atoms with Gasteiger partial charge in [-0.05, 0) is 5.56 Å². The third kappa shape index (κ3) is 4.79. The second-order valence-electron chi connectivity index (χ2n) is 7.54. The van der Waals surface area contributed by atoms with E-state index in [-0.39, 0.29) is 6.61 Å². The fourth-order valence-corrected chi connectivity index (χ4v) is 4.71. The highest BCUT2D eigenvalue weighted by molar-refractivity contribution is 7.17. The van der Waals surface area contributed by atoms with Crippen molar-refractivity contribution in [2.24, 2.45) is 0 Å². The van der Waals surface area contributed by atoms with Gasteiger partial charge >= 0.3 is 0 Å². The van der Waals surface area contributed by atoms with Gasteiger partial charge in [-0.15, -0.1) is 11.3 Å². The molecule has 0 spiro atoms. The first-order valence-electron chi connectivity index (χ1n) is 10.2. The molecule has 2 aromatic heterocycles. The van der Waals surface area contributed by atoms with Crippen molar-refractivity contribution in [3.05, 3.63) is 41.5 Å². The molecule has 1 saturated heterocycles. The summed E-state index contributed by atoms with van der Waals surface area (Å²) >= 11 is 1.64. The van der Waals surface area contributed by atoms with E-state index < -0.39 is 6.10 Å². The maximum atomic E-state index is 10.3. The van der Waals surface area contributed by atoms with E-state index >= 15 is 0 Å². The number of hydrogen-bond acceptors (Lipinski definition) is 8. The summed E-state index contributed by atoms with van der Waals surface area (Å²) in [6, 6.07) is 10.3. The lowest BCUT2D eigenvalue weighted by atomic mass is 10.1.